The van der Waals surface area contributed by atoms with Crippen molar-refractivity contribution < 1.29 is 0 Å². The molecule has 5 aliphatic rings. The average molecular weight is 1010 g/mol. The van der Waals surface area contributed by atoms with Crippen LogP contribution in [0.2, 0.25) is 0 Å². The van der Waals surface area contributed by atoms with Crippen LogP contribution in [-0.4, -0.2) is 0 Å². The van der Waals surface area contributed by atoms with Crippen molar-refractivity contribution in [1.82, 2.24) is 0 Å². The predicted molar refractivity (Wildman–Crippen MR) is 329 cm³/mol. The van der Waals surface area contributed by atoms with Gasteiger partial charge in [-0.2, -0.15) is 0 Å². The van der Waals surface area contributed by atoms with E-state index >= 15 is 0 Å². The van der Waals surface area contributed by atoms with Crippen LogP contribution < -0.4 is 9.80 Å². The summed E-state index contributed by atoms with van der Waals surface area (Å²) in [4.78, 5) is 5.06. The van der Waals surface area contributed by atoms with Gasteiger partial charge in [0.05, 0.1) is 16.8 Å². The van der Waals surface area contributed by atoms with Crippen molar-refractivity contribution in [1.29, 1.82) is 0 Å². The molecule has 11 aromatic rings. The maximum atomic E-state index is 2.61. The average Bonchev–Trinajstić information content (AvgIpc) is 2.61. The molecular weight excluding hydrogens is 953 g/mol. The van der Waals surface area contributed by atoms with Gasteiger partial charge >= 0.3 is 0 Å². The van der Waals surface area contributed by atoms with Gasteiger partial charge in [-0.1, -0.05) is 208 Å². The van der Waals surface area contributed by atoms with E-state index in [9.17, 15) is 0 Å². The number of fused-ring (bicyclic) bond motifs is 15. The molecule has 4 unspecified atom stereocenters. The highest BCUT2D eigenvalue weighted by Crippen LogP contribution is 2.66. The molecule has 0 aliphatic heterocycles. The molecule has 0 saturated heterocycles. The minimum Gasteiger partial charge on any atom is -0.310 e. The van der Waals surface area contributed by atoms with Gasteiger partial charge in [0.25, 0.3) is 0 Å². The third kappa shape index (κ3) is 6.90. The summed E-state index contributed by atoms with van der Waals surface area (Å²) in [5.41, 5.74) is 28.2. The summed E-state index contributed by atoms with van der Waals surface area (Å²) >= 11 is 0. The number of rotatable bonds is 9. The SMILES string of the molecule is CC1(C)c2ccccc2-c2cc(N(c3ccccc3)c3cc4c(cc3-c3ccccc3)-c3ccccc3C43c4ccccc4-c4cc(-c5cccc(C6CC7CCC6C7)c5)c(N(c5ccccc5)c5ccccc5)cc43)ccc21. The molecule has 378 valence electrons. The fourth-order valence-corrected chi connectivity index (χ4v) is 15.7. The molecule has 5 aliphatic carbocycles. The Balaban J connectivity index is 0.994. The van der Waals surface area contributed by atoms with Crippen molar-refractivity contribution in [2.75, 3.05) is 9.80 Å². The van der Waals surface area contributed by atoms with E-state index in [1.165, 1.54) is 126 Å². The van der Waals surface area contributed by atoms with Crippen molar-refractivity contribution in [2.24, 2.45) is 11.8 Å². The van der Waals surface area contributed by atoms with Crippen LogP contribution in [0.4, 0.5) is 34.1 Å². The molecule has 0 aromatic heterocycles. The summed E-state index contributed by atoms with van der Waals surface area (Å²) in [7, 11) is 0. The Kier molecular flexibility index (Phi) is 10.4. The molecule has 0 radical (unpaired) electrons. The molecule has 2 heteroatoms. The molecule has 2 fully saturated rings. The Hall–Kier alpha value is -8.98. The van der Waals surface area contributed by atoms with Crippen LogP contribution in [0.15, 0.2) is 261 Å². The van der Waals surface area contributed by atoms with Gasteiger partial charge in [0.15, 0.2) is 0 Å². The third-order valence-corrected chi connectivity index (χ3v) is 19.1. The number of nitrogens with zero attached hydrogens (tertiary/aromatic N) is 2. The molecule has 2 bridgehead atoms. The Morgan fingerprint density at radius 2 is 0.772 bits per heavy atom. The van der Waals surface area contributed by atoms with Crippen LogP contribution in [0, 0.1) is 11.8 Å². The highest BCUT2D eigenvalue weighted by atomic mass is 15.2. The normalized spacial score (nSPS) is 19.1. The first kappa shape index (κ1) is 46.1. The molecule has 0 heterocycles. The molecule has 0 amide bonds. The maximum absolute atomic E-state index is 2.61. The number of hydrogen-bond acceptors (Lipinski definition) is 2. The quantitative estimate of drug-likeness (QED) is 0.142. The molecular formula is C77H60N2. The second kappa shape index (κ2) is 17.8. The largest absolute Gasteiger partial charge is 0.310 e. The molecule has 1 spiro atoms. The summed E-state index contributed by atoms with van der Waals surface area (Å²) in [6.07, 6.45) is 5.45. The van der Waals surface area contributed by atoms with Crippen LogP contribution in [-0.2, 0) is 10.8 Å². The number of benzene rings is 11. The lowest BCUT2D eigenvalue weighted by Gasteiger charge is -2.35. The van der Waals surface area contributed by atoms with Gasteiger partial charge in [0, 0.05) is 39.3 Å². The topological polar surface area (TPSA) is 6.48 Å². The maximum Gasteiger partial charge on any atom is 0.0727 e. The second-order valence-electron chi connectivity index (χ2n) is 23.5. The molecule has 16 rings (SSSR count). The molecule has 4 atom stereocenters. The zero-order valence-corrected chi connectivity index (χ0v) is 44.8. The van der Waals surface area contributed by atoms with E-state index in [-0.39, 0.29) is 5.41 Å². The molecule has 2 saturated carbocycles. The summed E-state index contributed by atoms with van der Waals surface area (Å²) in [6.45, 7) is 4.75. The fraction of sp³-hybridized carbons (Fsp3) is 0.143. The number of anilines is 6. The number of para-hydroxylation sites is 3. The van der Waals surface area contributed by atoms with E-state index in [0.29, 0.717) is 5.92 Å². The van der Waals surface area contributed by atoms with Crippen molar-refractivity contribution in [3.05, 3.63) is 300 Å². The van der Waals surface area contributed by atoms with Crippen LogP contribution in [0.5, 0.6) is 0 Å². The second-order valence-corrected chi connectivity index (χ2v) is 23.5. The number of hydrogen-bond donors (Lipinski definition) is 0. The molecule has 79 heavy (non-hydrogen) atoms. The minimum atomic E-state index is -0.664. The van der Waals surface area contributed by atoms with Gasteiger partial charge in [-0.3, -0.25) is 0 Å². The summed E-state index contributed by atoms with van der Waals surface area (Å²) < 4.78 is 0. The Morgan fingerprint density at radius 1 is 0.316 bits per heavy atom. The van der Waals surface area contributed by atoms with E-state index in [4.69, 9.17) is 0 Å². The minimum absolute atomic E-state index is 0.111. The van der Waals surface area contributed by atoms with E-state index in [1.807, 2.05) is 0 Å². The predicted octanol–water partition coefficient (Wildman–Crippen LogP) is 20.5. The monoisotopic (exact) mass is 1010 g/mol. The fourth-order valence-electron chi connectivity index (χ4n) is 15.7. The van der Waals surface area contributed by atoms with E-state index in [0.717, 1.165) is 40.3 Å². The summed E-state index contributed by atoms with van der Waals surface area (Å²) in [6, 6.07) is 99.1. The van der Waals surface area contributed by atoms with Gasteiger partial charge in [-0.15, -0.1) is 0 Å². The van der Waals surface area contributed by atoms with E-state index < -0.39 is 5.41 Å². The lowest BCUT2D eigenvalue weighted by Crippen LogP contribution is -2.27. The van der Waals surface area contributed by atoms with Crippen LogP contribution >= 0.6 is 0 Å². The van der Waals surface area contributed by atoms with Gasteiger partial charge in [-0.05, 0) is 193 Å². The first-order valence-corrected chi connectivity index (χ1v) is 28.7. The smallest absolute Gasteiger partial charge is 0.0727 e. The zero-order valence-electron chi connectivity index (χ0n) is 44.8. The lowest BCUT2D eigenvalue weighted by molar-refractivity contribution is 0.420. The van der Waals surface area contributed by atoms with Crippen LogP contribution in [0.1, 0.15) is 84.4 Å². The Bertz CT molecular complexity index is 4160. The van der Waals surface area contributed by atoms with Crippen molar-refractivity contribution in [3.63, 3.8) is 0 Å². The molecule has 0 N–H and O–H groups in total. The third-order valence-electron chi connectivity index (χ3n) is 19.1. The standard InChI is InChI=1S/C77H60N2/c1-76(2)68-35-18-15-32-59(68)65-45-58(40-41-69(65)76)79(57-30-13-6-14-31-57)74-48-72-66(46-63(74)51-22-7-3-8-23-51)60-33-16-19-36-70(60)77(72)71-37-20-17-34-61(71)67-47-64(53-25-21-24-52(44-53)62-43-50-38-39-54(62)42-50)75(49-73(67)77)78(55-26-9-4-10-27-55)56-28-11-5-12-29-56/h3-37,40-41,44-50,54,62H,38-39,42-43H2,1-2H3. The summed E-state index contributed by atoms with van der Waals surface area (Å²) in [5.74, 6) is 2.28. The van der Waals surface area contributed by atoms with E-state index in [1.54, 1.807) is 0 Å². The lowest BCUT2D eigenvalue weighted by atomic mass is 9.70. The van der Waals surface area contributed by atoms with Gasteiger partial charge < -0.3 is 9.80 Å². The van der Waals surface area contributed by atoms with Crippen LogP contribution in [0.3, 0.4) is 0 Å². The Labute approximate surface area is 465 Å². The van der Waals surface area contributed by atoms with Crippen molar-refractivity contribution in [3.8, 4) is 55.6 Å². The first-order chi connectivity index (χ1) is 38.9. The van der Waals surface area contributed by atoms with Crippen molar-refractivity contribution in [2.45, 2.75) is 56.3 Å². The van der Waals surface area contributed by atoms with Crippen molar-refractivity contribution >= 4 is 34.1 Å². The zero-order chi connectivity index (χ0) is 52.4. The van der Waals surface area contributed by atoms with E-state index in [2.05, 4.69) is 285 Å². The van der Waals surface area contributed by atoms with Crippen LogP contribution in [0.25, 0.3) is 55.6 Å². The summed E-state index contributed by atoms with van der Waals surface area (Å²) in [5, 5.41) is 0. The highest BCUT2D eigenvalue weighted by Gasteiger charge is 2.53. The highest BCUT2D eigenvalue weighted by molar-refractivity contribution is 6.03. The van der Waals surface area contributed by atoms with Gasteiger partial charge in [0.1, 0.15) is 0 Å². The van der Waals surface area contributed by atoms with Gasteiger partial charge in [0.2, 0.25) is 0 Å². The van der Waals surface area contributed by atoms with Gasteiger partial charge in [-0.25, -0.2) is 0 Å². The Morgan fingerprint density at radius 3 is 1.32 bits per heavy atom. The molecule has 2 nitrogen and oxygen atoms in total. The first-order valence-electron chi connectivity index (χ1n) is 28.7. The molecule has 11 aromatic carbocycles.